The first-order valence-corrected chi connectivity index (χ1v) is 9.42. The van der Waals surface area contributed by atoms with Gasteiger partial charge in [-0.3, -0.25) is 4.98 Å². The molecule has 1 aliphatic heterocycles. The zero-order chi connectivity index (χ0) is 15.7. The third-order valence-corrected chi connectivity index (χ3v) is 6.27. The number of benzene rings is 1. The summed E-state index contributed by atoms with van der Waals surface area (Å²) in [6, 6.07) is 9.70. The molecular formula is C17H22N2O2S. The highest BCUT2D eigenvalue weighted by atomic mass is 32.2. The van der Waals surface area contributed by atoms with E-state index in [0.29, 0.717) is 12.5 Å². The Morgan fingerprint density at radius 1 is 1.27 bits per heavy atom. The lowest BCUT2D eigenvalue weighted by molar-refractivity contribution is 0.315. The van der Waals surface area contributed by atoms with Gasteiger partial charge in [0.1, 0.15) is 0 Å². The Bertz CT molecular complexity index is 766. The summed E-state index contributed by atoms with van der Waals surface area (Å²) in [5, 5.41) is 0.983. The summed E-state index contributed by atoms with van der Waals surface area (Å²) in [4.78, 5) is 4.36. The average Bonchev–Trinajstić information content (AvgIpc) is 2.98. The Labute approximate surface area is 132 Å². The molecule has 1 unspecified atom stereocenters. The van der Waals surface area contributed by atoms with Gasteiger partial charge in [-0.2, -0.15) is 4.31 Å². The minimum absolute atomic E-state index is 0.0323. The molecule has 0 saturated carbocycles. The third-order valence-electron chi connectivity index (χ3n) is 4.43. The molecule has 1 aromatic heterocycles. The topological polar surface area (TPSA) is 50.3 Å². The molecule has 1 fully saturated rings. The van der Waals surface area contributed by atoms with Gasteiger partial charge in [-0.15, -0.1) is 0 Å². The molecule has 2 heterocycles. The molecule has 1 aliphatic rings. The summed E-state index contributed by atoms with van der Waals surface area (Å²) >= 11 is 0. The molecule has 0 radical (unpaired) electrons. The summed E-state index contributed by atoms with van der Waals surface area (Å²) < 4.78 is 27.4. The van der Waals surface area contributed by atoms with Crippen molar-refractivity contribution in [3.63, 3.8) is 0 Å². The zero-order valence-corrected chi connectivity index (χ0v) is 13.9. The number of rotatable bonds is 4. The van der Waals surface area contributed by atoms with Crippen molar-refractivity contribution in [1.29, 1.82) is 0 Å². The third kappa shape index (κ3) is 2.88. The van der Waals surface area contributed by atoms with E-state index in [1.54, 1.807) is 10.5 Å². The van der Waals surface area contributed by atoms with Gasteiger partial charge in [0.15, 0.2) is 0 Å². The number of hydrogen-bond donors (Lipinski definition) is 0. The Balaban J connectivity index is 1.94. The molecule has 2 aromatic rings. The van der Waals surface area contributed by atoms with E-state index in [2.05, 4.69) is 18.8 Å². The van der Waals surface area contributed by atoms with Gasteiger partial charge >= 0.3 is 0 Å². The second-order valence-electron chi connectivity index (χ2n) is 6.31. The van der Waals surface area contributed by atoms with E-state index in [4.69, 9.17) is 0 Å². The van der Waals surface area contributed by atoms with Crippen LogP contribution >= 0.6 is 0 Å². The van der Waals surface area contributed by atoms with Crippen LogP contribution in [0.4, 0.5) is 0 Å². The molecular weight excluding hydrogens is 296 g/mol. The normalized spacial score (nSPS) is 20.0. The number of pyridine rings is 1. The van der Waals surface area contributed by atoms with E-state index in [-0.39, 0.29) is 11.8 Å². The molecule has 0 aliphatic carbocycles. The molecule has 0 spiro atoms. The lowest BCUT2D eigenvalue weighted by atomic mass is 10.0. The number of aromatic nitrogens is 1. The summed E-state index contributed by atoms with van der Waals surface area (Å²) in [5.41, 5.74) is 1.57. The lowest BCUT2D eigenvalue weighted by Gasteiger charge is -2.27. The largest absolute Gasteiger partial charge is 0.256 e. The monoisotopic (exact) mass is 318 g/mol. The second-order valence-corrected chi connectivity index (χ2v) is 8.23. The van der Waals surface area contributed by atoms with Gasteiger partial charge < -0.3 is 0 Å². The van der Waals surface area contributed by atoms with Crippen LogP contribution in [0.3, 0.4) is 0 Å². The van der Waals surface area contributed by atoms with Crippen LogP contribution in [-0.2, 0) is 15.8 Å². The maximum absolute atomic E-state index is 12.9. The van der Waals surface area contributed by atoms with Gasteiger partial charge in [0.25, 0.3) is 0 Å². The van der Waals surface area contributed by atoms with Crippen LogP contribution in [0.25, 0.3) is 10.9 Å². The van der Waals surface area contributed by atoms with Crippen molar-refractivity contribution >= 4 is 20.9 Å². The van der Waals surface area contributed by atoms with Crippen LogP contribution in [-0.4, -0.2) is 30.3 Å². The minimum atomic E-state index is -3.31. The molecule has 118 valence electrons. The van der Waals surface area contributed by atoms with Crippen LogP contribution in [0.5, 0.6) is 0 Å². The quantitative estimate of drug-likeness (QED) is 0.870. The van der Waals surface area contributed by atoms with Gasteiger partial charge in [0.05, 0.1) is 11.3 Å². The fourth-order valence-corrected chi connectivity index (χ4v) is 5.30. The maximum atomic E-state index is 12.9. The second kappa shape index (κ2) is 5.97. The van der Waals surface area contributed by atoms with Crippen molar-refractivity contribution < 1.29 is 8.42 Å². The van der Waals surface area contributed by atoms with Crippen LogP contribution in [0.1, 0.15) is 32.3 Å². The van der Waals surface area contributed by atoms with Crippen LogP contribution < -0.4 is 0 Å². The molecule has 0 N–H and O–H groups in total. The zero-order valence-electron chi connectivity index (χ0n) is 13.1. The number of sulfonamides is 1. The van der Waals surface area contributed by atoms with Crippen molar-refractivity contribution in [2.45, 2.75) is 38.5 Å². The number of para-hydroxylation sites is 1. The lowest BCUT2D eigenvalue weighted by Crippen LogP contribution is -2.39. The van der Waals surface area contributed by atoms with Gasteiger partial charge in [0, 0.05) is 24.2 Å². The van der Waals surface area contributed by atoms with Crippen molar-refractivity contribution in [2.75, 3.05) is 6.54 Å². The molecule has 0 bridgehead atoms. The molecule has 5 heteroatoms. The first-order valence-electron chi connectivity index (χ1n) is 7.81. The fourth-order valence-electron chi connectivity index (χ4n) is 3.34. The maximum Gasteiger partial charge on any atom is 0.218 e. The number of hydrogen-bond acceptors (Lipinski definition) is 3. The van der Waals surface area contributed by atoms with Gasteiger partial charge in [-0.1, -0.05) is 38.1 Å². The van der Waals surface area contributed by atoms with Crippen molar-refractivity contribution in [2.24, 2.45) is 5.92 Å². The summed E-state index contributed by atoms with van der Waals surface area (Å²) in [6.07, 6.45) is 3.63. The van der Waals surface area contributed by atoms with E-state index in [1.165, 1.54) is 0 Å². The number of nitrogens with zero attached hydrogens (tertiary/aromatic N) is 2. The fraction of sp³-hybridized carbons (Fsp3) is 0.471. The summed E-state index contributed by atoms with van der Waals surface area (Å²) in [7, 11) is -3.31. The first kappa shape index (κ1) is 15.4. The molecule has 4 nitrogen and oxygen atoms in total. The SMILES string of the molecule is CC(C)C1CCCN1S(=O)(=O)Cc1cccc2cccnc12. The Kier molecular flexibility index (Phi) is 4.19. The van der Waals surface area contributed by atoms with Crippen LogP contribution in [0.15, 0.2) is 36.5 Å². The van der Waals surface area contributed by atoms with Gasteiger partial charge in [-0.25, -0.2) is 8.42 Å². The van der Waals surface area contributed by atoms with E-state index in [0.717, 1.165) is 29.3 Å². The Morgan fingerprint density at radius 2 is 2.05 bits per heavy atom. The molecule has 0 amide bonds. The minimum Gasteiger partial charge on any atom is -0.256 e. The van der Waals surface area contributed by atoms with E-state index in [1.807, 2.05) is 30.3 Å². The average molecular weight is 318 g/mol. The van der Waals surface area contributed by atoms with E-state index in [9.17, 15) is 8.42 Å². The highest BCUT2D eigenvalue weighted by Gasteiger charge is 2.35. The predicted octanol–water partition coefficient (Wildman–Crippen LogP) is 3.19. The molecule has 1 saturated heterocycles. The van der Waals surface area contributed by atoms with Crippen LogP contribution in [0, 0.1) is 5.92 Å². The van der Waals surface area contributed by atoms with E-state index < -0.39 is 10.0 Å². The highest BCUT2D eigenvalue weighted by molar-refractivity contribution is 7.88. The summed E-state index contributed by atoms with van der Waals surface area (Å²) in [6.45, 7) is 4.83. The number of fused-ring (bicyclic) bond motifs is 1. The molecule has 1 aromatic carbocycles. The van der Waals surface area contributed by atoms with Crippen LogP contribution in [0.2, 0.25) is 0 Å². The molecule has 1 atom stereocenters. The molecule has 3 rings (SSSR count). The van der Waals surface area contributed by atoms with Gasteiger partial charge in [-0.05, 0) is 30.4 Å². The summed E-state index contributed by atoms with van der Waals surface area (Å²) in [5.74, 6) is 0.382. The van der Waals surface area contributed by atoms with Crippen molar-refractivity contribution in [3.05, 3.63) is 42.1 Å². The Morgan fingerprint density at radius 3 is 2.82 bits per heavy atom. The van der Waals surface area contributed by atoms with E-state index >= 15 is 0 Å². The predicted molar refractivity (Wildman–Crippen MR) is 88.9 cm³/mol. The van der Waals surface area contributed by atoms with Crippen molar-refractivity contribution in [1.82, 2.24) is 9.29 Å². The smallest absolute Gasteiger partial charge is 0.218 e. The van der Waals surface area contributed by atoms with Crippen molar-refractivity contribution in [3.8, 4) is 0 Å². The first-order chi connectivity index (χ1) is 10.5. The highest BCUT2D eigenvalue weighted by Crippen LogP contribution is 2.29. The van der Waals surface area contributed by atoms with Gasteiger partial charge in [0.2, 0.25) is 10.0 Å². The standard InChI is InChI=1S/C17H22N2O2S/c1-13(2)16-9-5-11-19(16)22(20,21)12-15-7-3-6-14-8-4-10-18-17(14)15/h3-4,6-8,10,13,16H,5,9,11-12H2,1-2H3. The Hall–Kier alpha value is -1.46. The molecule has 22 heavy (non-hydrogen) atoms.